The van der Waals surface area contributed by atoms with Crippen LogP contribution < -0.4 is 4.72 Å². The third-order valence-corrected chi connectivity index (χ3v) is 4.94. The summed E-state index contributed by atoms with van der Waals surface area (Å²) in [5, 5.41) is 1.98. The lowest BCUT2D eigenvalue weighted by Gasteiger charge is -2.13. The SMILES string of the molecule is CC(NS(=O)(=O)/C=C/c1ccccc1)c1ccc(Cl)c(Cl)c1. The molecule has 2 rings (SSSR count). The Morgan fingerprint density at radius 1 is 1.05 bits per heavy atom. The molecule has 116 valence electrons. The van der Waals surface area contributed by atoms with E-state index in [0.717, 1.165) is 16.5 Å². The lowest BCUT2D eigenvalue weighted by molar-refractivity contribution is 0.576. The minimum Gasteiger partial charge on any atom is -0.208 e. The molecule has 0 radical (unpaired) electrons. The molecule has 0 aliphatic heterocycles. The number of sulfonamides is 1. The first-order valence-corrected chi connectivity index (χ1v) is 8.88. The van der Waals surface area contributed by atoms with Crippen LogP contribution in [0.2, 0.25) is 10.0 Å². The van der Waals surface area contributed by atoms with E-state index in [1.54, 1.807) is 31.2 Å². The van der Waals surface area contributed by atoms with Crippen molar-refractivity contribution in [2.75, 3.05) is 0 Å². The van der Waals surface area contributed by atoms with E-state index in [2.05, 4.69) is 4.72 Å². The van der Waals surface area contributed by atoms with Crippen LogP contribution in [0.25, 0.3) is 6.08 Å². The Morgan fingerprint density at radius 3 is 2.36 bits per heavy atom. The van der Waals surface area contributed by atoms with Gasteiger partial charge in [-0.15, -0.1) is 0 Å². The van der Waals surface area contributed by atoms with Crippen LogP contribution in [-0.2, 0) is 10.0 Å². The Labute approximate surface area is 140 Å². The summed E-state index contributed by atoms with van der Waals surface area (Å²) in [6.45, 7) is 1.74. The second-order valence-electron chi connectivity index (χ2n) is 4.77. The molecule has 6 heteroatoms. The fourth-order valence-electron chi connectivity index (χ4n) is 1.87. The van der Waals surface area contributed by atoms with E-state index in [4.69, 9.17) is 23.2 Å². The molecule has 0 aliphatic carbocycles. The number of rotatable bonds is 5. The van der Waals surface area contributed by atoms with Crippen molar-refractivity contribution in [1.82, 2.24) is 4.72 Å². The molecule has 0 aliphatic rings. The zero-order chi connectivity index (χ0) is 16.2. The van der Waals surface area contributed by atoms with Gasteiger partial charge in [-0.25, -0.2) is 13.1 Å². The first-order chi connectivity index (χ1) is 10.4. The lowest BCUT2D eigenvalue weighted by Crippen LogP contribution is -2.24. The van der Waals surface area contributed by atoms with Gasteiger partial charge in [0.1, 0.15) is 0 Å². The van der Waals surface area contributed by atoms with Gasteiger partial charge in [0.25, 0.3) is 0 Å². The van der Waals surface area contributed by atoms with E-state index in [-0.39, 0.29) is 0 Å². The van der Waals surface area contributed by atoms with Crippen LogP contribution in [0.5, 0.6) is 0 Å². The standard InChI is InChI=1S/C16H15Cl2NO2S/c1-12(14-7-8-15(17)16(18)11-14)19-22(20,21)10-9-13-5-3-2-4-6-13/h2-12,19H,1H3/b10-9+. The van der Waals surface area contributed by atoms with E-state index in [9.17, 15) is 8.42 Å². The fourth-order valence-corrected chi connectivity index (χ4v) is 3.22. The zero-order valence-corrected chi connectivity index (χ0v) is 14.2. The summed E-state index contributed by atoms with van der Waals surface area (Å²) in [5.41, 5.74) is 1.56. The molecule has 2 aromatic rings. The van der Waals surface area contributed by atoms with Crippen molar-refractivity contribution in [1.29, 1.82) is 0 Å². The number of nitrogens with one attached hydrogen (secondary N) is 1. The number of benzene rings is 2. The summed E-state index contributed by atoms with van der Waals surface area (Å²) in [5.74, 6) is 0. The number of hydrogen-bond acceptors (Lipinski definition) is 2. The molecule has 0 saturated carbocycles. The zero-order valence-electron chi connectivity index (χ0n) is 11.8. The highest BCUT2D eigenvalue weighted by molar-refractivity contribution is 7.92. The van der Waals surface area contributed by atoms with Crippen molar-refractivity contribution in [3.63, 3.8) is 0 Å². The van der Waals surface area contributed by atoms with Crippen LogP contribution in [0, 0.1) is 0 Å². The monoisotopic (exact) mass is 355 g/mol. The van der Waals surface area contributed by atoms with E-state index < -0.39 is 16.1 Å². The second kappa shape index (κ2) is 7.29. The van der Waals surface area contributed by atoms with Gasteiger partial charge in [0.15, 0.2) is 0 Å². The molecule has 22 heavy (non-hydrogen) atoms. The predicted molar refractivity (Wildman–Crippen MR) is 92.4 cm³/mol. The van der Waals surface area contributed by atoms with Gasteiger partial charge in [-0.1, -0.05) is 59.6 Å². The first-order valence-electron chi connectivity index (χ1n) is 6.58. The van der Waals surface area contributed by atoms with Crippen molar-refractivity contribution >= 4 is 39.3 Å². The molecule has 3 nitrogen and oxygen atoms in total. The molecule has 1 N–H and O–H groups in total. The quantitative estimate of drug-likeness (QED) is 0.848. The van der Waals surface area contributed by atoms with E-state index in [1.165, 1.54) is 0 Å². The normalized spacial score (nSPS) is 13.4. The van der Waals surface area contributed by atoms with Gasteiger partial charge in [-0.05, 0) is 36.3 Å². The Balaban J connectivity index is 2.11. The largest absolute Gasteiger partial charge is 0.234 e. The third-order valence-electron chi connectivity index (χ3n) is 3.02. The van der Waals surface area contributed by atoms with Crippen LogP contribution >= 0.6 is 23.2 Å². The maximum Gasteiger partial charge on any atom is 0.234 e. The lowest BCUT2D eigenvalue weighted by atomic mass is 10.1. The second-order valence-corrected chi connectivity index (χ2v) is 7.18. The average molecular weight is 356 g/mol. The summed E-state index contributed by atoms with van der Waals surface area (Å²) >= 11 is 11.8. The topological polar surface area (TPSA) is 46.2 Å². The molecule has 0 heterocycles. The van der Waals surface area contributed by atoms with Crippen molar-refractivity contribution in [3.8, 4) is 0 Å². The summed E-state index contributed by atoms with van der Waals surface area (Å²) < 4.78 is 26.7. The average Bonchev–Trinajstić information content (AvgIpc) is 2.49. The van der Waals surface area contributed by atoms with Crippen LogP contribution in [0.3, 0.4) is 0 Å². The van der Waals surface area contributed by atoms with Gasteiger partial charge in [-0.3, -0.25) is 0 Å². The molecule has 1 unspecified atom stereocenters. The Kier molecular flexibility index (Phi) is 5.64. The van der Waals surface area contributed by atoms with Gasteiger partial charge in [-0.2, -0.15) is 0 Å². The maximum atomic E-state index is 12.1. The minimum atomic E-state index is -3.56. The predicted octanol–water partition coefficient (Wildman–Crippen LogP) is 4.64. The summed E-state index contributed by atoms with van der Waals surface area (Å²) in [7, 11) is -3.56. The highest BCUT2D eigenvalue weighted by Crippen LogP contribution is 2.25. The highest BCUT2D eigenvalue weighted by Gasteiger charge is 2.14. The molecule has 0 bridgehead atoms. The number of halogens is 2. The van der Waals surface area contributed by atoms with Gasteiger partial charge in [0.05, 0.1) is 10.0 Å². The Bertz CT molecular complexity index is 774. The van der Waals surface area contributed by atoms with Gasteiger partial charge < -0.3 is 0 Å². The molecule has 0 amide bonds. The molecule has 1 atom stereocenters. The summed E-state index contributed by atoms with van der Waals surface area (Å²) in [6.07, 6.45) is 1.55. The van der Waals surface area contributed by atoms with Crippen molar-refractivity contribution in [2.24, 2.45) is 0 Å². The Hall–Kier alpha value is -1.33. The van der Waals surface area contributed by atoms with E-state index in [0.29, 0.717) is 10.0 Å². The van der Waals surface area contributed by atoms with Gasteiger partial charge >= 0.3 is 0 Å². The summed E-state index contributed by atoms with van der Waals surface area (Å²) in [6, 6.07) is 13.8. The van der Waals surface area contributed by atoms with Crippen LogP contribution in [0.4, 0.5) is 0 Å². The molecule has 2 aromatic carbocycles. The van der Waals surface area contributed by atoms with Gasteiger partial charge in [0.2, 0.25) is 10.0 Å². The number of hydrogen-bond donors (Lipinski definition) is 1. The highest BCUT2D eigenvalue weighted by atomic mass is 35.5. The molecule has 0 fully saturated rings. The summed E-state index contributed by atoms with van der Waals surface area (Å²) in [4.78, 5) is 0. The smallest absolute Gasteiger partial charge is 0.208 e. The molecular formula is C16H15Cl2NO2S. The van der Waals surface area contributed by atoms with Crippen LogP contribution in [0.15, 0.2) is 53.9 Å². The minimum absolute atomic E-state index is 0.394. The van der Waals surface area contributed by atoms with Gasteiger partial charge in [0, 0.05) is 11.4 Å². The third kappa shape index (κ3) is 4.85. The van der Waals surface area contributed by atoms with Crippen molar-refractivity contribution in [2.45, 2.75) is 13.0 Å². The van der Waals surface area contributed by atoms with E-state index in [1.807, 2.05) is 30.3 Å². The first kappa shape index (κ1) is 17.0. The molecular weight excluding hydrogens is 341 g/mol. The Morgan fingerprint density at radius 2 is 1.73 bits per heavy atom. The van der Waals surface area contributed by atoms with Crippen molar-refractivity contribution < 1.29 is 8.42 Å². The fraction of sp³-hybridized carbons (Fsp3) is 0.125. The van der Waals surface area contributed by atoms with E-state index >= 15 is 0 Å². The maximum absolute atomic E-state index is 12.1. The van der Waals surface area contributed by atoms with Crippen LogP contribution in [0.1, 0.15) is 24.1 Å². The molecule has 0 aromatic heterocycles. The van der Waals surface area contributed by atoms with Crippen molar-refractivity contribution in [3.05, 3.63) is 75.1 Å². The van der Waals surface area contributed by atoms with Crippen LogP contribution in [-0.4, -0.2) is 8.42 Å². The molecule has 0 spiro atoms. The molecule has 0 saturated heterocycles.